The molecule has 1 aromatic heterocycles. The van der Waals surface area contributed by atoms with Crippen molar-refractivity contribution in [2.24, 2.45) is 0 Å². The molecule has 0 atom stereocenters. The van der Waals surface area contributed by atoms with Crippen LogP contribution in [0.4, 0.5) is 5.69 Å². The molecule has 0 aliphatic heterocycles. The number of thioether (sulfide) groups is 1. The van der Waals surface area contributed by atoms with Crippen LogP contribution in [0.2, 0.25) is 0 Å². The Labute approximate surface area is 225 Å². The number of ether oxygens (including phenoxy) is 2. The molecule has 1 heterocycles. The van der Waals surface area contributed by atoms with E-state index in [1.807, 2.05) is 79.7 Å². The van der Waals surface area contributed by atoms with Crippen molar-refractivity contribution < 1.29 is 19.1 Å². The summed E-state index contributed by atoms with van der Waals surface area (Å²) >= 11 is 1.25. The number of aromatic nitrogens is 3. The van der Waals surface area contributed by atoms with E-state index >= 15 is 0 Å². The summed E-state index contributed by atoms with van der Waals surface area (Å²) in [6.07, 6.45) is 0.216. The van der Waals surface area contributed by atoms with Crippen LogP contribution < -0.4 is 20.1 Å². The zero-order valence-corrected chi connectivity index (χ0v) is 22.2. The van der Waals surface area contributed by atoms with Crippen molar-refractivity contribution in [3.8, 4) is 17.2 Å². The van der Waals surface area contributed by atoms with E-state index in [1.54, 1.807) is 18.8 Å². The number of carbonyl (C=O) groups excluding carboxylic acids is 2. The average molecular weight is 532 g/mol. The van der Waals surface area contributed by atoms with Crippen LogP contribution in [0.1, 0.15) is 17.0 Å². The van der Waals surface area contributed by atoms with Crippen molar-refractivity contribution in [2.75, 3.05) is 25.3 Å². The number of carbonyl (C=O) groups is 2. The summed E-state index contributed by atoms with van der Waals surface area (Å²) in [6.45, 7) is 2.12. The normalized spacial score (nSPS) is 10.6. The van der Waals surface area contributed by atoms with Crippen LogP contribution in [0.25, 0.3) is 5.69 Å². The van der Waals surface area contributed by atoms with Gasteiger partial charge in [0.05, 0.1) is 38.6 Å². The van der Waals surface area contributed by atoms with E-state index in [1.165, 1.54) is 11.8 Å². The molecule has 0 radical (unpaired) electrons. The van der Waals surface area contributed by atoms with E-state index in [-0.39, 0.29) is 30.5 Å². The minimum atomic E-state index is -0.162. The Bertz CT molecular complexity index is 1400. The summed E-state index contributed by atoms with van der Waals surface area (Å²) in [7, 11) is 3.18. The number of aryl methyl sites for hydroxylation is 1. The maximum Gasteiger partial charge on any atom is 0.234 e. The Hall–Kier alpha value is -4.31. The Morgan fingerprint density at radius 2 is 1.71 bits per heavy atom. The molecule has 3 aromatic carbocycles. The van der Waals surface area contributed by atoms with Crippen molar-refractivity contribution in [2.45, 2.75) is 25.0 Å². The van der Waals surface area contributed by atoms with Gasteiger partial charge in [-0.3, -0.25) is 14.2 Å². The molecule has 0 aliphatic carbocycles. The summed E-state index contributed by atoms with van der Waals surface area (Å²) in [5.41, 5.74) is 3.37. The SMILES string of the molecule is COc1ccc(CC(=O)NCc2nnc(SCC(=O)Nc3cccc(C)c3)n2-c2ccccc2OC)cc1. The van der Waals surface area contributed by atoms with Gasteiger partial charge in [0.25, 0.3) is 0 Å². The van der Waals surface area contributed by atoms with E-state index in [4.69, 9.17) is 9.47 Å². The van der Waals surface area contributed by atoms with Gasteiger partial charge in [-0.05, 0) is 54.4 Å². The number of anilines is 1. The molecule has 2 amide bonds. The highest BCUT2D eigenvalue weighted by molar-refractivity contribution is 7.99. The van der Waals surface area contributed by atoms with E-state index < -0.39 is 0 Å². The van der Waals surface area contributed by atoms with Gasteiger partial charge in [-0.2, -0.15) is 0 Å². The maximum absolute atomic E-state index is 12.6. The number of hydrogen-bond donors (Lipinski definition) is 2. The molecule has 0 unspecified atom stereocenters. The van der Waals surface area contributed by atoms with Gasteiger partial charge in [-0.1, -0.05) is 48.2 Å². The second kappa shape index (κ2) is 12.8. The van der Waals surface area contributed by atoms with Crippen molar-refractivity contribution in [1.82, 2.24) is 20.1 Å². The molecule has 2 N–H and O–H groups in total. The standard InChI is InChI=1S/C28H29N5O4S/c1-19-7-6-8-21(15-19)30-27(35)18-38-28-32-31-25(33(28)23-9-4-5-10-24(23)37-3)17-29-26(34)16-20-11-13-22(36-2)14-12-20/h4-15H,16-18H2,1-3H3,(H,29,34)(H,30,35). The number of nitrogens with one attached hydrogen (secondary N) is 2. The Morgan fingerprint density at radius 1 is 0.921 bits per heavy atom. The van der Waals surface area contributed by atoms with Crippen LogP contribution in [0.3, 0.4) is 0 Å². The van der Waals surface area contributed by atoms with Crippen LogP contribution in [-0.4, -0.2) is 46.6 Å². The highest BCUT2D eigenvalue weighted by Crippen LogP contribution is 2.28. The number of nitrogens with zero attached hydrogens (tertiary/aromatic N) is 3. The zero-order valence-electron chi connectivity index (χ0n) is 21.4. The molecule has 196 valence electrons. The first-order valence-electron chi connectivity index (χ1n) is 11.9. The third kappa shape index (κ3) is 6.92. The largest absolute Gasteiger partial charge is 0.497 e. The number of para-hydroxylation sites is 2. The Balaban J connectivity index is 1.48. The van der Waals surface area contributed by atoms with E-state index in [0.29, 0.717) is 22.4 Å². The average Bonchev–Trinajstić information content (AvgIpc) is 3.33. The van der Waals surface area contributed by atoms with Crippen molar-refractivity contribution in [3.63, 3.8) is 0 Å². The van der Waals surface area contributed by atoms with Gasteiger partial charge >= 0.3 is 0 Å². The van der Waals surface area contributed by atoms with Gasteiger partial charge in [0.15, 0.2) is 11.0 Å². The van der Waals surface area contributed by atoms with Crippen LogP contribution in [0.15, 0.2) is 78.0 Å². The molecule has 0 bridgehead atoms. The van der Waals surface area contributed by atoms with E-state index in [9.17, 15) is 9.59 Å². The van der Waals surface area contributed by atoms with Gasteiger partial charge < -0.3 is 20.1 Å². The minimum Gasteiger partial charge on any atom is -0.497 e. The zero-order chi connectivity index (χ0) is 26.9. The Kier molecular flexibility index (Phi) is 8.99. The fraction of sp³-hybridized carbons (Fsp3) is 0.214. The van der Waals surface area contributed by atoms with Crippen molar-refractivity contribution in [3.05, 3.63) is 89.7 Å². The maximum atomic E-state index is 12.6. The van der Waals surface area contributed by atoms with Crippen LogP contribution in [0, 0.1) is 6.92 Å². The van der Waals surface area contributed by atoms with Crippen molar-refractivity contribution >= 4 is 29.3 Å². The summed E-state index contributed by atoms with van der Waals surface area (Å²) in [4.78, 5) is 25.3. The third-order valence-electron chi connectivity index (χ3n) is 5.63. The molecule has 4 rings (SSSR count). The first-order valence-corrected chi connectivity index (χ1v) is 12.9. The first kappa shape index (κ1) is 26.7. The van der Waals surface area contributed by atoms with Gasteiger partial charge in [0, 0.05) is 5.69 Å². The number of rotatable bonds is 11. The fourth-order valence-corrected chi connectivity index (χ4v) is 4.55. The van der Waals surface area contributed by atoms with Gasteiger partial charge in [0.2, 0.25) is 11.8 Å². The molecule has 0 fully saturated rings. The van der Waals surface area contributed by atoms with Crippen LogP contribution in [0.5, 0.6) is 11.5 Å². The Morgan fingerprint density at radius 3 is 2.45 bits per heavy atom. The number of amides is 2. The molecule has 0 spiro atoms. The molecule has 9 nitrogen and oxygen atoms in total. The lowest BCUT2D eigenvalue weighted by Crippen LogP contribution is -2.26. The highest BCUT2D eigenvalue weighted by atomic mass is 32.2. The predicted molar refractivity (Wildman–Crippen MR) is 147 cm³/mol. The lowest BCUT2D eigenvalue weighted by molar-refractivity contribution is -0.120. The second-order valence-corrected chi connectivity index (χ2v) is 9.36. The quantitative estimate of drug-likeness (QED) is 0.280. The molecule has 38 heavy (non-hydrogen) atoms. The monoisotopic (exact) mass is 531 g/mol. The smallest absolute Gasteiger partial charge is 0.234 e. The highest BCUT2D eigenvalue weighted by Gasteiger charge is 2.19. The molecule has 10 heteroatoms. The van der Waals surface area contributed by atoms with Gasteiger partial charge in [0.1, 0.15) is 11.5 Å². The lowest BCUT2D eigenvalue weighted by Gasteiger charge is -2.14. The number of methoxy groups -OCH3 is 2. The summed E-state index contributed by atoms with van der Waals surface area (Å²) < 4.78 is 12.5. The van der Waals surface area contributed by atoms with E-state index in [2.05, 4.69) is 20.8 Å². The third-order valence-corrected chi connectivity index (χ3v) is 6.56. The fourth-order valence-electron chi connectivity index (χ4n) is 3.78. The molecule has 0 saturated heterocycles. The molecule has 0 aliphatic rings. The first-order chi connectivity index (χ1) is 18.5. The predicted octanol–water partition coefficient (Wildman–Crippen LogP) is 4.18. The summed E-state index contributed by atoms with van der Waals surface area (Å²) in [6, 6.07) is 22.4. The van der Waals surface area contributed by atoms with Crippen LogP contribution >= 0.6 is 11.8 Å². The molecular formula is C28H29N5O4S. The summed E-state index contributed by atoms with van der Waals surface area (Å²) in [5.74, 6) is 1.67. The topological polar surface area (TPSA) is 107 Å². The number of benzene rings is 3. The van der Waals surface area contributed by atoms with E-state index in [0.717, 1.165) is 22.6 Å². The summed E-state index contributed by atoms with van der Waals surface area (Å²) in [5, 5.41) is 15.0. The molecular weight excluding hydrogens is 502 g/mol. The van der Waals surface area contributed by atoms with Crippen LogP contribution in [-0.2, 0) is 22.6 Å². The lowest BCUT2D eigenvalue weighted by atomic mass is 10.1. The van der Waals surface area contributed by atoms with Gasteiger partial charge in [-0.15, -0.1) is 10.2 Å². The molecule has 4 aromatic rings. The number of hydrogen-bond acceptors (Lipinski definition) is 7. The van der Waals surface area contributed by atoms with Crippen molar-refractivity contribution in [1.29, 1.82) is 0 Å². The van der Waals surface area contributed by atoms with Gasteiger partial charge in [-0.25, -0.2) is 0 Å². The second-order valence-electron chi connectivity index (χ2n) is 8.41. The minimum absolute atomic E-state index is 0.130. The molecule has 0 saturated carbocycles.